The zero-order valence-corrected chi connectivity index (χ0v) is 36.0. The molecule has 0 radical (unpaired) electrons. The van der Waals surface area contributed by atoms with Crippen LogP contribution in [-0.4, -0.2) is 113 Å². The summed E-state index contributed by atoms with van der Waals surface area (Å²) in [6.45, 7) is 0.719. The number of nitrogens with zero attached hydrogens (tertiary/aromatic N) is 4. The summed E-state index contributed by atoms with van der Waals surface area (Å²) in [5.41, 5.74) is 0.980. The third-order valence-corrected chi connectivity index (χ3v) is 13.5. The van der Waals surface area contributed by atoms with Crippen molar-refractivity contribution in [2.75, 3.05) is 75.5 Å². The Morgan fingerprint density at radius 1 is 0.983 bits per heavy atom. The van der Waals surface area contributed by atoms with Crippen LogP contribution in [0, 0.1) is 17.0 Å². The Morgan fingerprint density at radius 3 is 2.32 bits per heavy atom. The standard InChI is InChI=1S/C40H46Cl2F2N4O10S2/c1-60(52,53)48(9-8-45-10-13-54-14-11-45)29-16-28(17-30(19-29)55-23-25-2-3-25)37(49)47-12-15-59-38(47)39(50)57-35(20-31-32(41)21-46(51)22-33(31)42)27-6-7-34(58-40(43)44)36(18-27)56-24-26-4-5-26/h6-7,16-19,21-22,25-26,35,38,40H,2-5,8-15,20,23-24H2,1H3/t35-,38?/m0/s1. The van der Waals surface area contributed by atoms with Crippen LogP contribution in [0.3, 0.4) is 0 Å². The van der Waals surface area contributed by atoms with Gasteiger partial charge >= 0.3 is 12.6 Å². The molecule has 3 heterocycles. The van der Waals surface area contributed by atoms with Gasteiger partial charge in [0, 0.05) is 62.1 Å². The van der Waals surface area contributed by atoms with Crippen molar-refractivity contribution in [3.8, 4) is 17.2 Å². The second-order valence-electron chi connectivity index (χ2n) is 15.2. The van der Waals surface area contributed by atoms with E-state index in [1.54, 1.807) is 12.1 Å². The molecule has 2 aliphatic carbocycles. The topological polar surface area (TPSA) is 151 Å². The number of carbonyl (C=O) groups excluding carboxylic acids is 2. The van der Waals surface area contributed by atoms with Gasteiger partial charge in [0.2, 0.25) is 10.0 Å². The summed E-state index contributed by atoms with van der Waals surface area (Å²) in [6, 6.07) is 8.85. The summed E-state index contributed by atoms with van der Waals surface area (Å²) in [5, 5.41) is 10.9. The van der Waals surface area contributed by atoms with Crippen LogP contribution in [0.25, 0.3) is 0 Å². The number of morpholine rings is 1. The maximum Gasteiger partial charge on any atom is 0.387 e. The molecule has 3 aromatic rings. The molecule has 7 rings (SSSR count). The molecule has 2 aromatic carbocycles. The van der Waals surface area contributed by atoms with E-state index in [0.717, 1.165) is 44.3 Å². The molecule has 0 spiro atoms. The van der Waals surface area contributed by atoms with Crippen LogP contribution in [0.5, 0.6) is 17.2 Å². The zero-order valence-electron chi connectivity index (χ0n) is 32.8. The van der Waals surface area contributed by atoms with Gasteiger partial charge in [-0.05, 0) is 67.3 Å². The fourth-order valence-electron chi connectivity index (χ4n) is 6.88. The minimum Gasteiger partial charge on any atom is -0.619 e. The van der Waals surface area contributed by atoms with E-state index < -0.39 is 40.0 Å². The number of aromatic nitrogens is 1. The Bertz CT molecular complexity index is 2120. The Labute approximate surface area is 361 Å². The number of sulfonamides is 1. The summed E-state index contributed by atoms with van der Waals surface area (Å²) >= 11 is 14.1. The number of hydrogen-bond donors (Lipinski definition) is 0. The molecular weight excluding hydrogens is 869 g/mol. The SMILES string of the molecule is CS(=O)(=O)N(CCN1CCOCC1)c1cc(OCC2CC2)cc(C(=O)N2CCSC2C(=O)O[C@@H](Cc2c(Cl)c[n+]([O-])cc2Cl)c2ccc(OC(F)F)c(OCC3CC3)c2)c1. The fourth-order valence-corrected chi connectivity index (χ4v) is 9.47. The van der Waals surface area contributed by atoms with Crippen molar-refractivity contribution < 1.29 is 55.2 Å². The molecule has 1 amide bonds. The fraction of sp³-hybridized carbons (Fsp3) is 0.525. The minimum absolute atomic E-state index is 0.00104. The molecule has 14 nitrogen and oxygen atoms in total. The van der Waals surface area contributed by atoms with Crippen LogP contribution < -0.4 is 23.2 Å². The van der Waals surface area contributed by atoms with Gasteiger partial charge < -0.3 is 33.8 Å². The van der Waals surface area contributed by atoms with Crippen LogP contribution in [0.1, 0.15) is 53.3 Å². The summed E-state index contributed by atoms with van der Waals surface area (Å²) < 4.78 is 83.2. The lowest BCUT2D eigenvalue weighted by molar-refractivity contribution is -0.605. The molecule has 20 heteroatoms. The van der Waals surface area contributed by atoms with E-state index in [1.165, 1.54) is 45.2 Å². The molecule has 2 saturated heterocycles. The van der Waals surface area contributed by atoms with E-state index in [9.17, 15) is 32.0 Å². The van der Waals surface area contributed by atoms with Gasteiger partial charge in [-0.2, -0.15) is 13.5 Å². The van der Waals surface area contributed by atoms with Crippen molar-refractivity contribution in [1.29, 1.82) is 0 Å². The molecule has 2 saturated carbocycles. The molecule has 2 aliphatic heterocycles. The van der Waals surface area contributed by atoms with E-state index in [-0.39, 0.29) is 70.4 Å². The predicted octanol–water partition coefficient (Wildman–Crippen LogP) is 5.95. The first-order chi connectivity index (χ1) is 28.7. The third-order valence-electron chi connectivity index (χ3n) is 10.5. The molecule has 0 bridgehead atoms. The third kappa shape index (κ3) is 11.8. The number of esters is 1. The maximum absolute atomic E-state index is 14.5. The van der Waals surface area contributed by atoms with Crippen LogP contribution in [-0.2, 0) is 30.7 Å². The average Bonchev–Trinajstić information content (AvgIpc) is 4.15. The van der Waals surface area contributed by atoms with E-state index in [4.69, 9.17) is 46.9 Å². The average molecular weight is 916 g/mol. The first-order valence-corrected chi connectivity index (χ1v) is 23.3. The van der Waals surface area contributed by atoms with Crippen molar-refractivity contribution in [2.24, 2.45) is 11.8 Å². The Hall–Kier alpha value is -3.81. The number of halogens is 4. The second kappa shape index (κ2) is 19.5. The Kier molecular flexibility index (Phi) is 14.4. The highest BCUT2D eigenvalue weighted by Gasteiger charge is 2.39. The van der Waals surface area contributed by atoms with Gasteiger partial charge in [-0.1, -0.05) is 29.3 Å². The first-order valence-electron chi connectivity index (χ1n) is 19.7. The number of amides is 1. The van der Waals surface area contributed by atoms with E-state index >= 15 is 0 Å². The van der Waals surface area contributed by atoms with Gasteiger partial charge in [0.1, 0.15) is 21.9 Å². The van der Waals surface area contributed by atoms with Crippen molar-refractivity contribution in [3.05, 3.63) is 80.7 Å². The van der Waals surface area contributed by atoms with Gasteiger partial charge in [-0.25, -0.2) is 13.2 Å². The highest BCUT2D eigenvalue weighted by molar-refractivity contribution is 8.00. The molecule has 4 aliphatic rings. The van der Waals surface area contributed by atoms with Crippen molar-refractivity contribution in [3.63, 3.8) is 0 Å². The maximum atomic E-state index is 14.5. The lowest BCUT2D eigenvalue weighted by Gasteiger charge is -2.30. The summed E-state index contributed by atoms with van der Waals surface area (Å²) in [7, 11) is -3.81. The quantitative estimate of drug-likeness (QED) is 0.0795. The Morgan fingerprint density at radius 2 is 1.67 bits per heavy atom. The number of benzene rings is 2. The normalized spacial score (nSPS) is 19.0. The highest BCUT2D eigenvalue weighted by atomic mass is 35.5. The minimum atomic E-state index is -3.81. The van der Waals surface area contributed by atoms with Gasteiger partial charge in [-0.3, -0.25) is 14.0 Å². The molecule has 1 aromatic heterocycles. The number of alkyl halides is 2. The van der Waals surface area contributed by atoms with Crippen molar-refractivity contribution in [2.45, 2.75) is 50.2 Å². The predicted molar refractivity (Wildman–Crippen MR) is 221 cm³/mol. The van der Waals surface area contributed by atoms with Gasteiger partial charge in [0.25, 0.3) is 5.91 Å². The summed E-state index contributed by atoms with van der Waals surface area (Å²) in [5.74, 6) is -0.174. The van der Waals surface area contributed by atoms with Gasteiger partial charge in [0.15, 0.2) is 29.3 Å². The van der Waals surface area contributed by atoms with Crippen molar-refractivity contribution >= 4 is 62.6 Å². The van der Waals surface area contributed by atoms with Gasteiger partial charge in [-0.15, -0.1) is 11.8 Å². The molecule has 2 atom stereocenters. The number of thioether (sulfide) groups is 1. The van der Waals surface area contributed by atoms with Crippen LogP contribution in [0.2, 0.25) is 10.0 Å². The molecule has 0 N–H and O–H groups in total. The number of anilines is 1. The molecule has 4 fully saturated rings. The number of rotatable bonds is 19. The number of carbonyl (C=O) groups is 2. The smallest absolute Gasteiger partial charge is 0.387 e. The molecular formula is C40H46Cl2F2N4O10S2. The molecule has 1 unspecified atom stereocenters. The highest BCUT2D eigenvalue weighted by Crippen LogP contribution is 2.39. The zero-order chi connectivity index (χ0) is 42.6. The summed E-state index contributed by atoms with van der Waals surface area (Å²) in [4.78, 5) is 32.2. The van der Waals surface area contributed by atoms with Crippen molar-refractivity contribution in [1.82, 2.24) is 9.80 Å². The number of pyridine rings is 1. The number of hydrogen-bond acceptors (Lipinski definition) is 12. The lowest BCUT2D eigenvalue weighted by atomic mass is 10.0. The summed E-state index contributed by atoms with van der Waals surface area (Å²) in [6.07, 6.45) is 5.93. The molecule has 326 valence electrons. The van der Waals surface area contributed by atoms with E-state index in [2.05, 4.69) is 4.90 Å². The van der Waals surface area contributed by atoms with Gasteiger partial charge in [0.05, 0.1) is 38.4 Å². The van der Waals surface area contributed by atoms with Crippen LogP contribution >= 0.6 is 35.0 Å². The lowest BCUT2D eigenvalue weighted by Crippen LogP contribution is -2.43. The van der Waals surface area contributed by atoms with E-state index in [1.807, 2.05) is 0 Å². The largest absolute Gasteiger partial charge is 0.619 e. The first kappa shape index (κ1) is 44.3. The Balaban J connectivity index is 1.17. The van der Waals surface area contributed by atoms with E-state index in [0.29, 0.717) is 67.2 Å². The second-order valence-corrected chi connectivity index (χ2v) is 19.2. The molecule has 60 heavy (non-hydrogen) atoms. The monoisotopic (exact) mass is 914 g/mol. The number of ether oxygens (including phenoxy) is 5. The van der Waals surface area contributed by atoms with Crippen LogP contribution in [0.4, 0.5) is 14.5 Å². The van der Waals surface area contributed by atoms with Crippen LogP contribution in [0.15, 0.2) is 48.8 Å².